The van der Waals surface area contributed by atoms with E-state index in [2.05, 4.69) is 21.1 Å². The number of ether oxygens (including phenoxy) is 1. The molecule has 2 aromatic heterocycles. The Labute approximate surface area is 108 Å². The van der Waals surface area contributed by atoms with E-state index in [-0.39, 0.29) is 11.9 Å². The zero-order valence-corrected chi connectivity index (χ0v) is 10.1. The topological polar surface area (TPSA) is 76.6 Å². The van der Waals surface area contributed by atoms with Crippen molar-refractivity contribution in [3.63, 3.8) is 0 Å². The average Bonchev–Trinajstić information content (AvgIpc) is 2.83. The number of para-hydroxylation sites is 1. The van der Waals surface area contributed by atoms with Crippen molar-refractivity contribution in [1.82, 2.24) is 19.7 Å². The molecule has 3 aromatic rings. The van der Waals surface area contributed by atoms with Crippen LogP contribution in [-0.2, 0) is 7.05 Å². The lowest BCUT2D eigenvalue weighted by Crippen LogP contribution is -1.95. The first-order valence-electron chi connectivity index (χ1n) is 5.59. The highest BCUT2D eigenvalue weighted by Gasteiger charge is 2.11. The van der Waals surface area contributed by atoms with Gasteiger partial charge in [-0.1, -0.05) is 18.2 Å². The van der Waals surface area contributed by atoms with Gasteiger partial charge in [-0.15, -0.1) is 5.10 Å². The number of pyridine rings is 1. The Morgan fingerprint density at radius 3 is 2.89 bits per heavy atom. The Balaban J connectivity index is 2.09. The molecule has 6 nitrogen and oxygen atoms in total. The molecule has 0 amide bonds. The van der Waals surface area contributed by atoms with E-state index in [0.29, 0.717) is 5.56 Å². The van der Waals surface area contributed by atoms with Crippen LogP contribution in [0.3, 0.4) is 0 Å². The summed E-state index contributed by atoms with van der Waals surface area (Å²) in [6.45, 7) is 0. The number of aromatic nitrogens is 4. The molecule has 0 unspecified atom stereocenters. The van der Waals surface area contributed by atoms with Gasteiger partial charge in [-0.2, -0.15) is 10.2 Å². The van der Waals surface area contributed by atoms with Gasteiger partial charge < -0.3 is 4.74 Å². The zero-order valence-electron chi connectivity index (χ0n) is 10.1. The summed E-state index contributed by atoms with van der Waals surface area (Å²) in [6.07, 6.45) is 1.52. The Bertz CT molecular complexity index is 787. The van der Waals surface area contributed by atoms with Gasteiger partial charge in [-0.05, 0) is 12.1 Å². The Morgan fingerprint density at radius 2 is 2.16 bits per heavy atom. The van der Waals surface area contributed by atoms with Crippen LogP contribution in [-0.4, -0.2) is 19.7 Å². The normalized spacial score (nSPS) is 10.3. The van der Waals surface area contributed by atoms with Gasteiger partial charge in [-0.3, -0.25) is 4.68 Å². The predicted octanol–water partition coefficient (Wildman–Crippen LogP) is 2.03. The van der Waals surface area contributed by atoms with Gasteiger partial charge in [0.05, 0.1) is 5.52 Å². The number of aryl methyl sites for hydroxylation is 1. The quantitative estimate of drug-likeness (QED) is 0.696. The lowest BCUT2D eigenvalue weighted by atomic mass is 10.1. The number of hydrogen-bond acceptors (Lipinski definition) is 5. The fraction of sp³-hybridized carbons (Fsp3) is 0.0769. The molecule has 0 fully saturated rings. The molecule has 0 aliphatic rings. The molecule has 0 spiro atoms. The van der Waals surface area contributed by atoms with Crippen molar-refractivity contribution in [2.75, 3.05) is 0 Å². The Hall–Kier alpha value is -2.94. The number of fused-ring (bicyclic) bond motifs is 1. The summed E-state index contributed by atoms with van der Waals surface area (Å²) < 4.78 is 6.97. The number of rotatable bonds is 2. The SMILES string of the molecule is Cn1cnc(Oc2nc3ccccc3cc2C#N)n1. The zero-order chi connectivity index (χ0) is 13.2. The summed E-state index contributed by atoms with van der Waals surface area (Å²) in [5.41, 5.74) is 1.11. The molecule has 0 bridgehead atoms. The fourth-order valence-electron chi connectivity index (χ4n) is 1.71. The largest absolute Gasteiger partial charge is 0.403 e. The van der Waals surface area contributed by atoms with Crippen molar-refractivity contribution in [3.8, 4) is 18.0 Å². The first kappa shape index (κ1) is 11.2. The smallest absolute Gasteiger partial charge is 0.342 e. The summed E-state index contributed by atoms with van der Waals surface area (Å²) in [6, 6.07) is 11.5. The van der Waals surface area contributed by atoms with Gasteiger partial charge in [0.25, 0.3) is 0 Å². The van der Waals surface area contributed by atoms with E-state index in [0.717, 1.165) is 10.9 Å². The van der Waals surface area contributed by atoms with E-state index in [1.807, 2.05) is 24.3 Å². The molecular weight excluding hydrogens is 242 g/mol. The van der Waals surface area contributed by atoms with Crippen LogP contribution in [0.2, 0.25) is 0 Å². The summed E-state index contributed by atoms with van der Waals surface area (Å²) in [5.74, 6) is 0.215. The van der Waals surface area contributed by atoms with Gasteiger partial charge >= 0.3 is 6.01 Å². The highest BCUT2D eigenvalue weighted by Crippen LogP contribution is 2.24. The molecule has 0 radical (unpaired) electrons. The van der Waals surface area contributed by atoms with Crippen LogP contribution < -0.4 is 4.74 Å². The van der Waals surface area contributed by atoms with Crippen molar-refractivity contribution >= 4 is 10.9 Å². The maximum absolute atomic E-state index is 9.15. The predicted molar refractivity (Wildman–Crippen MR) is 67.5 cm³/mol. The molecular formula is C13H9N5O. The maximum atomic E-state index is 9.15. The molecule has 0 aliphatic carbocycles. The fourth-order valence-corrected chi connectivity index (χ4v) is 1.71. The highest BCUT2D eigenvalue weighted by atomic mass is 16.5. The van der Waals surface area contributed by atoms with Crippen LogP contribution in [0.25, 0.3) is 10.9 Å². The van der Waals surface area contributed by atoms with Crippen LogP contribution in [0.1, 0.15) is 5.56 Å². The summed E-state index contributed by atoms with van der Waals surface area (Å²) >= 11 is 0. The number of benzene rings is 1. The molecule has 92 valence electrons. The molecule has 0 saturated heterocycles. The summed E-state index contributed by atoms with van der Waals surface area (Å²) in [5, 5.41) is 14.0. The van der Waals surface area contributed by atoms with Crippen LogP contribution in [0.4, 0.5) is 0 Å². The minimum atomic E-state index is 0.168. The van der Waals surface area contributed by atoms with Crippen LogP contribution >= 0.6 is 0 Å². The number of nitrogens with zero attached hydrogens (tertiary/aromatic N) is 5. The van der Waals surface area contributed by atoms with Crippen LogP contribution in [0, 0.1) is 11.3 Å². The molecule has 0 saturated carbocycles. The van der Waals surface area contributed by atoms with E-state index in [1.54, 1.807) is 13.1 Å². The molecule has 3 rings (SSSR count). The van der Waals surface area contributed by atoms with Crippen molar-refractivity contribution in [3.05, 3.63) is 42.2 Å². The standard InChI is InChI=1S/C13H9N5O/c1-18-8-15-13(17-18)19-12-10(7-14)6-9-4-2-3-5-11(9)16-12/h2-6,8H,1H3. The monoisotopic (exact) mass is 251 g/mol. The molecule has 0 atom stereocenters. The second-order valence-corrected chi connectivity index (χ2v) is 3.95. The van der Waals surface area contributed by atoms with Crippen molar-refractivity contribution in [1.29, 1.82) is 5.26 Å². The molecule has 0 N–H and O–H groups in total. The van der Waals surface area contributed by atoms with Gasteiger partial charge in [0.15, 0.2) is 0 Å². The van der Waals surface area contributed by atoms with E-state index in [1.165, 1.54) is 11.0 Å². The minimum Gasteiger partial charge on any atom is -0.403 e. The summed E-state index contributed by atoms with van der Waals surface area (Å²) in [4.78, 5) is 8.26. The number of hydrogen-bond donors (Lipinski definition) is 0. The average molecular weight is 251 g/mol. The van der Waals surface area contributed by atoms with Gasteiger partial charge in [0.2, 0.25) is 5.88 Å². The van der Waals surface area contributed by atoms with Gasteiger partial charge in [0, 0.05) is 12.4 Å². The minimum absolute atomic E-state index is 0.168. The first-order valence-corrected chi connectivity index (χ1v) is 5.59. The molecule has 1 aromatic carbocycles. The van der Waals surface area contributed by atoms with E-state index in [4.69, 9.17) is 10.00 Å². The third-order valence-electron chi connectivity index (χ3n) is 2.58. The Morgan fingerprint density at radius 1 is 1.32 bits per heavy atom. The van der Waals surface area contributed by atoms with Gasteiger partial charge in [-0.25, -0.2) is 4.98 Å². The second kappa shape index (κ2) is 4.38. The van der Waals surface area contributed by atoms with Crippen molar-refractivity contribution in [2.45, 2.75) is 0 Å². The van der Waals surface area contributed by atoms with E-state index < -0.39 is 0 Å². The first-order chi connectivity index (χ1) is 9.26. The Kier molecular flexibility index (Phi) is 2.58. The molecule has 2 heterocycles. The van der Waals surface area contributed by atoms with Crippen LogP contribution in [0.15, 0.2) is 36.7 Å². The van der Waals surface area contributed by atoms with E-state index in [9.17, 15) is 0 Å². The van der Waals surface area contributed by atoms with Crippen molar-refractivity contribution in [2.24, 2.45) is 7.05 Å². The van der Waals surface area contributed by atoms with Crippen molar-refractivity contribution < 1.29 is 4.74 Å². The third-order valence-corrected chi connectivity index (χ3v) is 2.58. The highest BCUT2D eigenvalue weighted by molar-refractivity contribution is 5.80. The lowest BCUT2D eigenvalue weighted by Gasteiger charge is -2.04. The molecule has 19 heavy (non-hydrogen) atoms. The van der Waals surface area contributed by atoms with Gasteiger partial charge in [0.1, 0.15) is 18.0 Å². The summed E-state index contributed by atoms with van der Waals surface area (Å²) in [7, 11) is 1.74. The van der Waals surface area contributed by atoms with E-state index >= 15 is 0 Å². The molecule has 6 heteroatoms. The second-order valence-electron chi connectivity index (χ2n) is 3.95. The third kappa shape index (κ3) is 2.09. The number of nitriles is 1. The maximum Gasteiger partial charge on any atom is 0.342 e. The lowest BCUT2D eigenvalue weighted by molar-refractivity contribution is 0.423. The molecule has 0 aliphatic heterocycles. The van der Waals surface area contributed by atoms with Crippen LogP contribution in [0.5, 0.6) is 11.9 Å².